The summed E-state index contributed by atoms with van der Waals surface area (Å²) in [6.45, 7) is 6.83. The number of halogens is 1. The largest absolute Gasteiger partial charge is 0.490 e. The van der Waals surface area contributed by atoms with Crippen molar-refractivity contribution < 1.29 is 14.3 Å². The Labute approximate surface area is 214 Å². The van der Waals surface area contributed by atoms with Gasteiger partial charge in [-0.15, -0.1) is 0 Å². The van der Waals surface area contributed by atoms with Crippen molar-refractivity contribution in [1.29, 1.82) is 0 Å². The Bertz CT molecular complexity index is 1270. The van der Waals surface area contributed by atoms with Gasteiger partial charge < -0.3 is 9.47 Å². The van der Waals surface area contributed by atoms with Crippen molar-refractivity contribution in [2.45, 2.75) is 27.4 Å². The summed E-state index contributed by atoms with van der Waals surface area (Å²) in [5.41, 5.74) is 4.81. The summed E-state index contributed by atoms with van der Waals surface area (Å²) >= 11 is 12.8. The maximum atomic E-state index is 13.2. The van der Waals surface area contributed by atoms with Gasteiger partial charge in [-0.05, 0) is 73.9 Å². The fourth-order valence-corrected chi connectivity index (χ4v) is 5.04. The van der Waals surface area contributed by atoms with E-state index in [-0.39, 0.29) is 5.91 Å². The first-order valence-corrected chi connectivity index (χ1v) is 12.5. The third-order valence-electron chi connectivity index (χ3n) is 5.26. The lowest BCUT2D eigenvalue weighted by Crippen LogP contribution is -2.28. The van der Waals surface area contributed by atoms with Gasteiger partial charge in [0, 0.05) is 5.02 Å². The van der Waals surface area contributed by atoms with Crippen molar-refractivity contribution in [3.8, 4) is 11.5 Å². The van der Waals surface area contributed by atoms with Crippen LogP contribution in [0.25, 0.3) is 6.08 Å². The van der Waals surface area contributed by atoms with E-state index >= 15 is 0 Å². The number of hydrogen-bond donors (Lipinski definition) is 0. The number of thioether (sulfide) groups is 1. The summed E-state index contributed by atoms with van der Waals surface area (Å²) in [4.78, 5) is 15.4. The summed E-state index contributed by atoms with van der Waals surface area (Å²) in [5.74, 6) is 1.13. The number of benzene rings is 3. The highest BCUT2D eigenvalue weighted by Crippen LogP contribution is 2.38. The predicted molar refractivity (Wildman–Crippen MR) is 145 cm³/mol. The van der Waals surface area contributed by atoms with Gasteiger partial charge in [0.1, 0.15) is 6.61 Å². The zero-order valence-corrected chi connectivity index (χ0v) is 21.5. The second-order valence-electron chi connectivity index (χ2n) is 7.86. The van der Waals surface area contributed by atoms with Crippen molar-refractivity contribution in [1.82, 2.24) is 0 Å². The minimum Gasteiger partial charge on any atom is -0.490 e. The normalized spacial score (nSPS) is 14.7. The first kappa shape index (κ1) is 24.3. The minimum absolute atomic E-state index is 0.122. The fourth-order valence-electron chi connectivity index (χ4n) is 3.63. The van der Waals surface area contributed by atoms with E-state index in [0.29, 0.717) is 39.0 Å². The van der Waals surface area contributed by atoms with Gasteiger partial charge in [0.25, 0.3) is 5.91 Å². The average Bonchev–Trinajstić information content (AvgIpc) is 3.07. The van der Waals surface area contributed by atoms with Gasteiger partial charge in [-0.2, -0.15) is 0 Å². The molecule has 1 aliphatic heterocycles. The second-order valence-corrected chi connectivity index (χ2v) is 9.97. The first-order valence-electron chi connectivity index (χ1n) is 10.8. The molecule has 1 aliphatic rings. The zero-order chi connectivity index (χ0) is 24.2. The molecule has 0 unspecified atom stereocenters. The molecule has 1 fully saturated rings. The van der Waals surface area contributed by atoms with E-state index < -0.39 is 0 Å². The maximum Gasteiger partial charge on any atom is 0.270 e. The number of amides is 1. The van der Waals surface area contributed by atoms with E-state index in [0.717, 1.165) is 27.9 Å². The summed E-state index contributed by atoms with van der Waals surface area (Å²) < 4.78 is 12.3. The minimum atomic E-state index is -0.122. The van der Waals surface area contributed by atoms with Crippen molar-refractivity contribution in [3.63, 3.8) is 0 Å². The SMILES string of the molecule is CCOc1cc(/C=C2\SC(=S)N(c3ccc(C)cc3C)C2=O)ccc1OCc1ccc(Cl)cc1. The number of hydrogen-bond acceptors (Lipinski definition) is 5. The standard InChI is InChI=1S/C27H24ClNO3S2/c1-4-31-24-14-20(8-12-23(24)32-16-19-6-9-21(28)10-7-19)15-25-26(30)29(27(33)34-25)22-11-5-17(2)13-18(22)3/h5-15H,4,16H2,1-3H3/b25-15-. The Balaban J connectivity index is 1.56. The molecule has 3 aromatic rings. The summed E-state index contributed by atoms with van der Waals surface area (Å²) in [5, 5.41) is 0.686. The van der Waals surface area contributed by atoms with Crippen molar-refractivity contribution in [3.05, 3.63) is 92.8 Å². The Morgan fingerprint density at radius 2 is 1.76 bits per heavy atom. The van der Waals surface area contributed by atoms with Gasteiger partial charge in [0.05, 0.1) is 17.2 Å². The molecule has 34 heavy (non-hydrogen) atoms. The summed E-state index contributed by atoms with van der Waals surface area (Å²) in [6, 6.07) is 19.1. The molecule has 0 bridgehead atoms. The highest BCUT2D eigenvalue weighted by Gasteiger charge is 2.34. The van der Waals surface area contributed by atoms with Gasteiger partial charge in [-0.3, -0.25) is 9.69 Å². The zero-order valence-electron chi connectivity index (χ0n) is 19.1. The predicted octanol–water partition coefficient (Wildman–Crippen LogP) is 7.34. The van der Waals surface area contributed by atoms with E-state index in [1.165, 1.54) is 11.8 Å². The van der Waals surface area contributed by atoms with Crippen LogP contribution in [0, 0.1) is 13.8 Å². The van der Waals surface area contributed by atoms with Crippen LogP contribution in [0.2, 0.25) is 5.02 Å². The van der Waals surface area contributed by atoms with E-state index in [1.54, 1.807) is 4.90 Å². The Kier molecular flexibility index (Phi) is 7.61. The highest BCUT2D eigenvalue weighted by molar-refractivity contribution is 8.27. The van der Waals surface area contributed by atoms with Crippen LogP contribution < -0.4 is 14.4 Å². The Morgan fingerprint density at radius 1 is 1.00 bits per heavy atom. The number of nitrogens with zero attached hydrogens (tertiary/aromatic N) is 1. The molecule has 0 saturated carbocycles. The van der Waals surface area contributed by atoms with E-state index in [9.17, 15) is 4.79 Å². The second kappa shape index (κ2) is 10.6. The number of aryl methyl sites for hydroxylation is 2. The molecule has 1 saturated heterocycles. The van der Waals surface area contributed by atoms with Gasteiger partial charge in [0.15, 0.2) is 15.8 Å². The van der Waals surface area contributed by atoms with E-state index in [2.05, 4.69) is 6.07 Å². The lowest BCUT2D eigenvalue weighted by Gasteiger charge is -2.17. The number of carbonyl (C=O) groups excluding carboxylic acids is 1. The molecule has 174 valence electrons. The quantitative estimate of drug-likeness (QED) is 0.246. The Hall–Kier alpha value is -2.80. The molecule has 7 heteroatoms. The van der Waals surface area contributed by atoms with Crippen LogP contribution in [-0.2, 0) is 11.4 Å². The van der Waals surface area contributed by atoms with Crippen LogP contribution in [0.15, 0.2) is 65.6 Å². The lowest BCUT2D eigenvalue weighted by molar-refractivity contribution is -0.113. The summed E-state index contributed by atoms with van der Waals surface area (Å²) in [7, 11) is 0. The Morgan fingerprint density at radius 3 is 2.47 bits per heavy atom. The molecule has 0 radical (unpaired) electrons. The summed E-state index contributed by atoms with van der Waals surface area (Å²) in [6.07, 6.45) is 1.84. The number of carbonyl (C=O) groups is 1. The molecule has 3 aromatic carbocycles. The first-order chi connectivity index (χ1) is 16.4. The van der Waals surface area contributed by atoms with Crippen LogP contribution in [0.1, 0.15) is 29.2 Å². The molecule has 1 amide bonds. The number of rotatable bonds is 7. The molecule has 0 spiro atoms. The third-order valence-corrected chi connectivity index (χ3v) is 6.81. The van der Waals surface area contributed by atoms with Crippen LogP contribution in [0.4, 0.5) is 5.69 Å². The van der Waals surface area contributed by atoms with Crippen LogP contribution in [-0.4, -0.2) is 16.8 Å². The lowest BCUT2D eigenvalue weighted by atomic mass is 10.1. The molecule has 4 nitrogen and oxygen atoms in total. The average molecular weight is 510 g/mol. The topological polar surface area (TPSA) is 38.8 Å². The molecular weight excluding hydrogens is 486 g/mol. The van der Waals surface area contributed by atoms with Crippen molar-refractivity contribution in [2.75, 3.05) is 11.5 Å². The molecule has 0 aliphatic carbocycles. The molecule has 4 rings (SSSR count). The van der Waals surface area contributed by atoms with E-state index in [1.807, 2.05) is 81.4 Å². The molecular formula is C27H24ClNO3S2. The van der Waals surface area contributed by atoms with Gasteiger partial charge in [0.2, 0.25) is 0 Å². The fraction of sp³-hybridized carbons (Fsp3) is 0.185. The third kappa shape index (κ3) is 5.46. The molecule has 1 heterocycles. The van der Waals surface area contributed by atoms with Gasteiger partial charge in [-0.1, -0.05) is 71.5 Å². The van der Waals surface area contributed by atoms with Crippen molar-refractivity contribution >= 4 is 57.6 Å². The molecule has 0 aromatic heterocycles. The smallest absolute Gasteiger partial charge is 0.270 e. The molecule has 0 N–H and O–H groups in total. The maximum absolute atomic E-state index is 13.2. The van der Waals surface area contributed by atoms with E-state index in [4.69, 9.17) is 33.3 Å². The number of ether oxygens (including phenoxy) is 2. The van der Waals surface area contributed by atoms with Gasteiger partial charge in [-0.25, -0.2) is 0 Å². The molecule has 0 atom stereocenters. The number of thiocarbonyl (C=S) groups is 1. The van der Waals surface area contributed by atoms with Gasteiger partial charge >= 0.3 is 0 Å². The van der Waals surface area contributed by atoms with Crippen LogP contribution in [0.5, 0.6) is 11.5 Å². The van der Waals surface area contributed by atoms with Crippen LogP contribution >= 0.6 is 35.6 Å². The van der Waals surface area contributed by atoms with Crippen LogP contribution in [0.3, 0.4) is 0 Å². The number of anilines is 1. The monoisotopic (exact) mass is 509 g/mol. The van der Waals surface area contributed by atoms with Crippen molar-refractivity contribution in [2.24, 2.45) is 0 Å². The highest BCUT2D eigenvalue weighted by atomic mass is 35.5.